The number of benzene rings is 2. The third-order valence-corrected chi connectivity index (χ3v) is 5.81. The van der Waals surface area contributed by atoms with Gasteiger partial charge in [-0.05, 0) is 49.9 Å². The lowest BCUT2D eigenvalue weighted by Crippen LogP contribution is -2.40. The standard InChI is InChI=1S/C26H38N4O2/c1-4-27-26(29(3)17-18-32-25-11-5-21(2)6-12-25)28-19-22-7-9-23(10-8-22)20-30-15-13-24(31)14-16-30/h5-12,24,31H,4,13-20H2,1-3H3,(H,27,28). The highest BCUT2D eigenvalue weighted by Gasteiger charge is 2.16. The van der Waals surface area contributed by atoms with Crippen molar-refractivity contribution in [3.63, 3.8) is 0 Å². The predicted molar refractivity (Wildman–Crippen MR) is 131 cm³/mol. The summed E-state index contributed by atoms with van der Waals surface area (Å²) in [4.78, 5) is 9.33. The Morgan fingerprint density at radius 2 is 1.75 bits per heavy atom. The molecule has 0 aliphatic carbocycles. The monoisotopic (exact) mass is 438 g/mol. The minimum absolute atomic E-state index is 0.121. The zero-order valence-electron chi connectivity index (χ0n) is 19.8. The molecule has 0 spiro atoms. The third kappa shape index (κ3) is 7.84. The van der Waals surface area contributed by atoms with Crippen molar-refractivity contribution in [2.45, 2.75) is 45.9 Å². The molecule has 1 heterocycles. The summed E-state index contributed by atoms with van der Waals surface area (Å²) in [6.45, 7) is 9.87. The Kier molecular flexibility index (Phi) is 9.38. The van der Waals surface area contributed by atoms with Gasteiger partial charge in [0.1, 0.15) is 12.4 Å². The lowest BCUT2D eigenvalue weighted by molar-refractivity contribution is 0.0792. The molecule has 1 fully saturated rings. The first kappa shape index (κ1) is 24.1. The van der Waals surface area contributed by atoms with Gasteiger partial charge in [-0.15, -0.1) is 0 Å². The van der Waals surface area contributed by atoms with Crippen LogP contribution in [0, 0.1) is 6.92 Å². The molecule has 1 aliphatic rings. The van der Waals surface area contributed by atoms with E-state index in [1.165, 1.54) is 16.7 Å². The summed E-state index contributed by atoms with van der Waals surface area (Å²) >= 11 is 0. The van der Waals surface area contributed by atoms with Crippen molar-refractivity contribution in [3.8, 4) is 5.75 Å². The fourth-order valence-corrected chi connectivity index (χ4v) is 3.76. The molecule has 6 heteroatoms. The van der Waals surface area contributed by atoms with Crippen LogP contribution in [0.25, 0.3) is 0 Å². The van der Waals surface area contributed by atoms with Gasteiger partial charge in [0, 0.05) is 33.2 Å². The molecular weight excluding hydrogens is 400 g/mol. The number of likely N-dealkylation sites (N-methyl/N-ethyl adjacent to an activating group) is 1. The number of hydrogen-bond donors (Lipinski definition) is 2. The summed E-state index contributed by atoms with van der Waals surface area (Å²) in [5, 5.41) is 13.0. The van der Waals surface area contributed by atoms with E-state index in [0.29, 0.717) is 13.2 Å². The van der Waals surface area contributed by atoms with Crippen LogP contribution in [-0.4, -0.2) is 66.8 Å². The molecule has 2 N–H and O–H groups in total. The third-order valence-electron chi connectivity index (χ3n) is 5.81. The van der Waals surface area contributed by atoms with E-state index in [2.05, 4.69) is 65.4 Å². The number of ether oxygens (including phenoxy) is 1. The van der Waals surface area contributed by atoms with Gasteiger partial charge in [0.05, 0.1) is 19.2 Å². The smallest absolute Gasteiger partial charge is 0.194 e. The molecule has 3 rings (SSSR count). The highest BCUT2D eigenvalue weighted by molar-refractivity contribution is 5.79. The predicted octanol–water partition coefficient (Wildman–Crippen LogP) is 3.43. The van der Waals surface area contributed by atoms with Crippen LogP contribution in [0.15, 0.2) is 53.5 Å². The molecule has 0 unspecified atom stereocenters. The van der Waals surface area contributed by atoms with Crippen LogP contribution in [-0.2, 0) is 13.1 Å². The van der Waals surface area contributed by atoms with Gasteiger partial charge in [-0.1, -0.05) is 42.0 Å². The molecule has 0 atom stereocenters. The van der Waals surface area contributed by atoms with Crippen molar-refractivity contribution in [1.82, 2.24) is 15.1 Å². The number of likely N-dealkylation sites (tertiary alicyclic amines) is 1. The summed E-state index contributed by atoms with van der Waals surface area (Å²) in [6.07, 6.45) is 1.64. The number of rotatable bonds is 9. The van der Waals surface area contributed by atoms with E-state index >= 15 is 0 Å². The van der Waals surface area contributed by atoms with Gasteiger partial charge in [-0.25, -0.2) is 4.99 Å². The maximum absolute atomic E-state index is 9.66. The molecule has 0 bridgehead atoms. The normalized spacial score (nSPS) is 15.6. The van der Waals surface area contributed by atoms with E-state index < -0.39 is 0 Å². The SMILES string of the molecule is CCNC(=NCc1ccc(CN2CCC(O)CC2)cc1)N(C)CCOc1ccc(C)cc1. The first-order chi connectivity index (χ1) is 15.5. The molecule has 6 nitrogen and oxygen atoms in total. The second kappa shape index (κ2) is 12.5. The van der Waals surface area contributed by atoms with Gasteiger partial charge in [0.25, 0.3) is 0 Å². The lowest BCUT2D eigenvalue weighted by atomic mass is 10.1. The molecule has 0 amide bonds. The molecule has 2 aromatic rings. The Morgan fingerprint density at radius 1 is 1.09 bits per heavy atom. The van der Waals surface area contributed by atoms with E-state index in [0.717, 1.165) is 57.3 Å². The first-order valence-corrected chi connectivity index (χ1v) is 11.7. The topological polar surface area (TPSA) is 60.3 Å². The number of guanidine groups is 1. The summed E-state index contributed by atoms with van der Waals surface area (Å²) in [5.41, 5.74) is 3.74. The zero-order valence-corrected chi connectivity index (χ0v) is 19.8. The summed E-state index contributed by atoms with van der Waals surface area (Å²) in [5.74, 6) is 1.78. The van der Waals surface area contributed by atoms with Gasteiger partial charge in [-0.2, -0.15) is 0 Å². The minimum atomic E-state index is -0.121. The average molecular weight is 439 g/mol. The Labute approximate surface area is 192 Å². The van der Waals surface area contributed by atoms with E-state index in [-0.39, 0.29) is 6.10 Å². The van der Waals surface area contributed by atoms with E-state index in [4.69, 9.17) is 9.73 Å². The van der Waals surface area contributed by atoms with E-state index in [1.807, 2.05) is 19.2 Å². The second-order valence-corrected chi connectivity index (χ2v) is 8.58. The molecule has 0 saturated carbocycles. The van der Waals surface area contributed by atoms with Crippen molar-refractivity contribution in [3.05, 3.63) is 65.2 Å². The summed E-state index contributed by atoms with van der Waals surface area (Å²) in [6, 6.07) is 16.9. The average Bonchev–Trinajstić information content (AvgIpc) is 2.80. The maximum atomic E-state index is 9.66. The highest BCUT2D eigenvalue weighted by atomic mass is 16.5. The number of piperidine rings is 1. The van der Waals surface area contributed by atoms with Crippen molar-refractivity contribution < 1.29 is 9.84 Å². The summed E-state index contributed by atoms with van der Waals surface area (Å²) < 4.78 is 5.86. The van der Waals surface area contributed by atoms with Gasteiger partial charge < -0.3 is 20.1 Å². The fraction of sp³-hybridized carbons (Fsp3) is 0.500. The van der Waals surface area contributed by atoms with Crippen molar-refractivity contribution in [2.24, 2.45) is 4.99 Å². The molecule has 32 heavy (non-hydrogen) atoms. The highest BCUT2D eigenvalue weighted by Crippen LogP contribution is 2.15. The second-order valence-electron chi connectivity index (χ2n) is 8.58. The number of aryl methyl sites for hydroxylation is 1. The Balaban J connectivity index is 1.48. The van der Waals surface area contributed by atoms with Gasteiger partial charge in [-0.3, -0.25) is 4.90 Å². The minimum Gasteiger partial charge on any atom is -0.492 e. The Hall–Kier alpha value is -2.57. The summed E-state index contributed by atoms with van der Waals surface area (Å²) in [7, 11) is 2.04. The Bertz CT molecular complexity index is 828. The van der Waals surface area contributed by atoms with Crippen LogP contribution in [0.1, 0.15) is 36.5 Å². The van der Waals surface area contributed by atoms with Crippen molar-refractivity contribution in [2.75, 3.05) is 39.8 Å². The molecule has 2 aromatic carbocycles. The number of nitrogens with one attached hydrogen (secondary N) is 1. The number of aliphatic hydroxyl groups excluding tert-OH is 1. The number of aliphatic imine (C=N–C) groups is 1. The van der Waals surface area contributed by atoms with Crippen LogP contribution in [0.4, 0.5) is 0 Å². The van der Waals surface area contributed by atoms with Crippen LogP contribution >= 0.6 is 0 Å². The maximum Gasteiger partial charge on any atom is 0.194 e. The quantitative estimate of drug-likeness (QED) is 0.464. The van der Waals surface area contributed by atoms with Crippen LogP contribution in [0.3, 0.4) is 0 Å². The number of nitrogens with zero attached hydrogens (tertiary/aromatic N) is 3. The molecule has 0 aromatic heterocycles. The van der Waals surface area contributed by atoms with Gasteiger partial charge in [0.15, 0.2) is 5.96 Å². The lowest BCUT2D eigenvalue weighted by Gasteiger charge is -2.29. The number of aliphatic hydroxyl groups is 1. The largest absolute Gasteiger partial charge is 0.492 e. The molecule has 1 aliphatic heterocycles. The molecule has 1 saturated heterocycles. The first-order valence-electron chi connectivity index (χ1n) is 11.7. The van der Waals surface area contributed by atoms with Crippen LogP contribution < -0.4 is 10.1 Å². The zero-order chi connectivity index (χ0) is 22.8. The number of hydrogen-bond acceptors (Lipinski definition) is 4. The van der Waals surface area contributed by atoms with Crippen molar-refractivity contribution in [1.29, 1.82) is 0 Å². The van der Waals surface area contributed by atoms with E-state index in [9.17, 15) is 5.11 Å². The van der Waals surface area contributed by atoms with Crippen LogP contribution in [0.5, 0.6) is 5.75 Å². The van der Waals surface area contributed by atoms with Gasteiger partial charge in [0.2, 0.25) is 0 Å². The van der Waals surface area contributed by atoms with Crippen molar-refractivity contribution >= 4 is 5.96 Å². The van der Waals surface area contributed by atoms with Gasteiger partial charge >= 0.3 is 0 Å². The fourth-order valence-electron chi connectivity index (χ4n) is 3.76. The molecule has 174 valence electrons. The molecule has 0 radical (unpaired) electrons. The van der Waals surface area contributed by atoms with Crippen LogP contribution in [0.2, 0.25) is 0 Å². The molecular formula is C26H38N4O2. The Morgan fingerprint density at radius 3 is 2.41 bits per heavy atom. The van der Waals surface area contributed by atoms with E-state index in [1.54, 1.807) is 0 Å².